The van der Waals surface area contributed by atoms with Crippen molar-refractivity contribution >= 4 is 11.6 Å². The van der Waals surface area contributed by atoms with E-state index in [1.54, 1.807) is 0 Å². The molecule has 4 atom stereocenters. The first-order valence-electron chi connectivity index (χ1n) is 7.30. The first kappa shape index (κ1) is 12.5. The van der Waals surface area contributed by atoms with Crippen LogP contribution in [0.5, 0.6) is 0 Å². The molecule has 3 rings (SSSR count). The normalized spacial score (nSPS) is 30.3. The van der Waals surface area contributed by atoms with Crippen molar-refractivity contribution in [3.8, 4) is 0 Å². The Bertz CT molecular complexity index is 485. The minimum Gasteiger partial charge on any atom is -0.398 e. The largest absolute Gasteiger partial charge is 0.398 e. The highest BCUT2D eigenvalue weighted by atomic mass is 16.2. The molecule has 0 heterocycles. The van der Waals surface area contributed by atoms with Crippen LogP contribution in [-0.4, -0.2) is 5.91 Å². The number of amides is 1. The molecule has 0 aliphatic heterocycles. The number of carbonyl (C=O) groups is 1. The predicted octanol–water partition coefficient (Wildman–Crippen LogP) is 2.88. The minimum absolute atomic E-state index is 0.00664. The number of para-hydroxylation sites is 1. The van der Waals surface area contributed by atoms with Crippen LogP contribution >= 0.6 is 0 Å². The summed E-state index contributed by atoms with van der Waals surface area (Å²) in [5.74, 6) is 1.90. The standard InChI is InChI=1S/C16H22N2O/c1-10(13-4-2-3-5-15(13)17)18-16(19)14-9-11-6-7-12(14)8-11/h2-5,10-12,14H,6-9,17H2,1H3,(H,18,19). The van der Waals surface area contributed by atoms with Gasteiger partial charge < -0.3 is 11.1 Å². The molecule has 1 amide bonds. The lowest BCUT2D eigenvalue weighted by molar-refractivity contribution is -0.127. The fourth-order valence-corrected chi connectivity index (χ4v) is 3.87. The van der Waals surface area contributed by atoms with Crippen LogP contribution in [0.2, 0.25) is 0 Å². The maximum atomic E-state index is 12.4. The molecule has 2 bridgehead atoms. The lowest BCUT2D eigenvalue weighted by Gasteiger charge is -2.24. The van der Waals surface area contributed by atoms with Crippen molar-refractivity contribution in [1.82, 2.24) is 5.32 Å². The van der Waals surface area contributed by atoms with Crippen LogP contribution in [0.15, 0.2) is 24.3 Å². The van der Waals surface area contributed by atoms with Crippen molar-refractivity contribution in [1.29, 1.82) is 0 Å². The number of nitrogens with two attached hydrogens (primary N) is 1. The van der Waals surface area contributed by atoms with Crippen LogP contribution < -0.4 is 11.1 Å². The van der Waals surface area contributed by atoms with Gasteiger partial charge in [0, 0.05) is 11.6 Å². The van der Waals surface area contributed by atoms with Gasteiger partial charge in [-0.25, -0.2) is 0 Å². The van der Waals surface area contributed by atoms with Crippen molar-refractivity contribution in [2.75, 3.05) is 5.73 Å². The molecule has 1 aromatic rings. The Labute approximate surface area is 114 Å². The van der Waals surface area contributed by atoms with E-state index in [2.05, 4.69) is 5.32 Å². The number of anilines is 1. The highest BCUT2D eigenvalue weighted by Gasteiger charge is 2.43. The molecule has 2 saturated carbocycles. The number of benzene rings is 1. The third-order valence-corrected chi connectivity index (χ3v) is 4.90. The van der Waals surface area contributed by atoms with Crippen LogP contribution in [-0.2, 0) is 4.79 Å². The van der Waals surface area contributed by atoms with Gasteiger partial charge in [0.1, 0.15) is 0 Å². The van der Waals surface area contributed by atoms with Crippen LogP contribution in [0.25, 0.3) is 0 Å². The van der Waals surface area contributed by atoms with Crippen molar-refractivity contribution in [3.63, 3.8) is 0 Å². The smallest absolute Gasteiger partial charge is 0.223 e. The third kappa shape index (κ3) is 2.34. The van der Waals surface area contributed by atoms with Crippen LogP contribution in [0.1, 0.15) is 44.2 Å². The van der Waals surface area contributed by atoms with Gasteiger partial charge in [-0.05, 0) is 49.7 Å². The maximum absolute atomic E-state index is 12.4. The summed E-state index contributed by atoms with van der Waals surface area (Å²) in [6.07, 6.45) is 4.92. The summed E-state index contributed by atoms with van der Waals surface area (Å²) < 4.78 is 0. The van der Waals surface area contributed by atoms with Gasteiger partial charge in [-0.3, -0.25) is 4.79 Å². The highest BCUT2D eigenvalue weighted by Crippen LogP contribution is 2.48. The van der Waals surface area contributed by atoms with Gasteiger partial charge in [0.2, 0.25) is 5.91 Å². The van der Waals surface area contributed by atoms with E-state index in [0.29, 0.717) is 5.92 Å². The van der Waals surface area contributed by atoms with Gasteiger partial charge in [0.05, 0.1) is 6.04 Å². The quantitative estimate of drug-likeness (QED) is 0.819. The van der Waals surface area contributed by atoms with E-state index in [1.807, 2.05) is 31.2 Å². The lowest BCUT2D eigenvalue weighted by Crippen LogP contribution is -2.35. The molecule has 0 radical (unpaired) electrons. The Morgan fingerprint density at radius 2 is 2.11 bits per heavy atom. The summed E-state index contributed by atoms with van der Waals surface area (Å²) in [5.41, 5.74) is 7.73. The Morgan fingerprint density at radius 1 is 1.32 bits per heavy atom. The minimum atomic E-state index is -0.00664. The van der Waals surface area contributed by atoms with Crippen LogP contribution in [0, 0.1) is 17.8 Å². The molecular weight excluding hydrogens is 236 g/mol. The molecule has 0 spiro atoms. The second-order valence-electron chi connectivity index (χ2n) is 6.14. The van der Waals surface area contributed by atoms with E-state index in [9.17, 15) is 4.79 Å². The molecule has 102 valence electrons. The summed E-state index contributed by atoms with van der Waals surface area (Å²) in [6.45, 7) is 2.01. The number of hydrogen-bond acceptors (Lipinski definition) is 2. The van der Waals surface area contributed by atoms with Gasteiger partial charge in [0.25, 0.3) is 0 Å². The fraction of sp³-hybridized carbons (Fsp3) is 0.562. The summed E-state index contributed by atoms with van der Waals surface area (Å²) in [6, 6.07) is 7.75. The molecular formula is C16H22N2O. The van der Waals surface area contributed by atoms with Gasteiger partial charge in [-0.2, -0.15) is 0 Å². The number of carbonyl (C=O) groups excluding carboxylic acids is 1. The molecule has 3 N–H and O–H groups in total. The molecule has 2 aliphatic carbocycles. The Morgan fingerprint density at radius 3 is 2.74 bits per heavy atom. The molecule has 2 aliphatic rings. The summed E-state index contributed by atoms with van der Waals surface area (Å²) >= 11 is 0. The predicted molar refractivity (Wildman–Crippen MR) is 76.4 cm³/mol. The molecule has 0 aromatic heterocycles. The number of fused-ring (bicyclic) bond motifs is 2. The summed E-state index contributed by atoms with van der Waals surface area (Å²) in [4.78, 5) is 12.4. The number of nitrogens with one attached hydrogen (secondary N) is 1. The van der Waals surface area contributed by atoms with E-state index >= 15 is 0 Å². The average molecular weight is 258 g/mol. The maximum Gasteiger partial charge on any atom is 0.223 e. The molecule has 4 unspecified atom stereocenters. The number of nitrogen functional groups attached to an aromatic ring is 1. The summed E-state index contributed by atoms with van der Waals surface area (Å²) in [7, 11) is 0. The van der Waals surface area contributed by atoms with E-state index in [4.69, 9.17) is 5.73 Å². The zero-order valence-corrected chi connectivity index (χ0v) is 11.4. The van der Waals surface area contributed by atoms with Crippen molar-refractivity contribution in [2.45, 2.75) is 38.6 Å². The second-order valence-corrected chi connectivity index (χ2v) is 6.14. The zero-order valence-electron chi connectivity index (χ0n) is 11.4. The van der Waals surface area contributed by atoms with Crippen molar-refractivity contribution in [2.24, 2.45) is 17.8 Å². The molecule has 3 heteroatoms. The number of rotatable bonds is 3. The van der Waals surface area contributed by atoms with Gasteiger partial charge in [-0.1, -0.05) is 24.6 Å². The van der Waals surface area contributed by atoms with E-state index < -0.39 is 0 Å². The molecule has 3 nitrogen and oxygen atoms in total. The van der Waals surface area contributed by atoms with Crippen LogP contribution in [0.4, 0.5) is 5.69 Å². The monoisotopic (exact) mass is 258 g/mol. The highest BCUT2D eigenvalue weighted by molar-refractivity contribution is 5.80. The summed E-state index contributed by atoms with van der Waals surface area (Å²) in [5, 5.41) is 3.14. The zero-order chi connectivity index (χ0) is 13.4. The van der Waals surface area contributed by atoms with Crippen molar-refractivity contribution in [3.05, 3.63) is 29.8 Å². The SMILES string of the molecule is CC(NC(=O)C1CC2CCC1C2)c1ccccc1N. The topological polar surface area (TPSA) is 55.1 Å². The molecule has 0 saturated heterocycles. The molecule has 1 aromatic carbocycles. The van der Waals surface area contributed by atoms with E-state index in [-0.39, 0.29) is 17.9 Å². The van der Waals surface area contributed by atoms with Gasteiger partial charge in [0.15, 0.2) is 0 Å². The number of hydrogen-bond donors (Lipinski definition) is 2. The Hall–Kier alpha value is -1.51. The average Bonchev–Trinajstić information content (AvgIpc) is 3.01. The first-order valence-corrected chi connectivity index (χ1v) is 7.30. The van der Waals surface area contributed by atoms with Crippen molar-refractivity contribution < 1.29 is 4.79 Å². The lowest BCUT2D eigenvalue weighted by atomic mass is 9.88. The third-order valence-electron chi connectivity index (χ3n) is 4.90. The van der Waals surface area contributed by atoms with Crippen LogP contribution in [0.3, 0.4) is 0 Å². The van der Waals surface area contributed by atoms with Gasteiger partial charge in [-0.15, -0.1) is 0 Å². The van der Waals surface area contributed by atoms with E-state index in [1.165, 1.54) is 19.3 Å². The molecule has 19 heavy (non-hydrogen) atoms. The van der Waals surface area contributed by atoms with Gasteiger partial charge >= 0.3 is 0 Å². The Kier molecular flexibility index (Phi) is 3.21. The fourth-order valence-electron chi connectivity index (χ4n) is 3.87. The molecule has 2 fully saturated rings. The Balaban J connectivity index is 1.65. The second kappa shape index (κ2) is 4.87. The first-order chi connectivity index (χ1) is 9.15. The van der Waals surface area contributed by atoms with E-state index in [0.717, 1.165) is 23.6 Å².